The smallest absolute Gasteiger partial charge is 0.345 e. The summed E-state index contributed by atoms with van der Waals surface area (Å²) in [6.45, 7) is -5.13. The number of anilines is 1. The van der Waals surface area contributed by atoms with Crippen molar-refractivity contribution in [3.63, 3.8) is 0 Å². The van der Waals surface area contributed by atoms with E-state index in [9.17, 15) is 44.3 Å². The van der Waals surface area contributed by atoms with Gasteiger partial charge in [0.15, 0.2) is 11.5 Å². The Morgan fingerprint density at radius 1 is 1.03 bits per heavy atom. The summed E-state index contributed by atoms with van der Waals surface area (Å²) in [5.74, 6) is -9.84. The van der Waals surface area contributed by atoms with Gasteiger partial charge >= 0.3 is 6.61 Å². The number of rotatable bonds is 15. The maximum atomic E-state index is 15.5. The third kappa shape index (κ3) is 8.00. The van der Waals surface area contributed by atoms with E-state index in [-0.39, 0.29) is 61.9 Å². The number of alkyl halides is 6. The SMILES string of the molecule is Cn1nc(NS(C)(=O)=O)c2c(Cl)ccc(-n3c([C@H](Cc4cc(F)cc(F)c4)NC(=O)Cn4nc(C(F)F)c5c4C(F)(F)[C@@H]4C[C@H]54)nc4nc(OCCOC(F)F)ccc4c3=O)c21. The Labute approximate surface area is 348 Å². The first-order valence-corrected chi connectivity index (χ1v) is 20.6. The van der Waals surface area contributed by atoms with Crippen LogP contribution < -0.4 is 20.3 Å². The van der Waals surface area contributed by atoms with Gasteiger partial charge in [-0.3, -0.25) is 28.2 Å². The minimum absolute atomic E-state index is 0.00272. The Kier molecular flexibility index (Phi) is 10.9. The number of sulfonamides is 1. The first kappa shape index (κ1) is 42.8. The van der Waals surface area contributed by atoms with Crippen LogP contribution in [0.25, 0.3) is 27.6 Å². The zero-order chi connectivity index (χ0) is 44.6. The highest BCUT2D eigenvalue weighted by Gasteiger charge is 2.67. The maximum Gasteiger partial charge on any atom is 0.345 e. The summed E-state index contributed by atoms with van der Waals surface area (Å²) < 4.78 is 153. The highest BCUT2D eigenvalue weighted by atomic mass is 35.5. The predicted octanol–water partition coefficient (Wildman–Crippen LogP) is 6.03. The number of benzene rings is 2. The predicted molar refractivity (Wildman–Crippen MR) is 203 cm³/mol. The molecular formula is C37H30ClF8N9O6S. The summed E-state index contributed by atoms with van der Waals surface area (Å²) in [7, 11) is -2.56. The lowest BCUT2D eigenvalue weighted by molar-refractivity contribution is -0.133. The zero-order valence-electron chi connectivity index (χ0n) is 31.9. The van der Waals surface area contributed by atoms with Crippen molar-refractivity contribution in [2.75, 3.05) is 24.2 Å². The number of hydrogen-bond donors (Lipinski definition) is 2. The van der Waals surface area contributed by atoms with E-state index < -0.39 is 113 Å². The van der Waals surface area contributed by atoms with Crippen molar-refractivity contribution in [1.29, 1.82) is 0 Å². The quantitative estimate of drug-likeness (QED) is 0.0914. The minimum Gasteiger partial charge on any atom is -0.475 e. The molecule has 0 radical (unpaired) electrons. The molecule has 0 unspecified atom stereocenters. The van der Waals surface area contributed by atoms with Gasteiger partial charge < -0.3 is 14.8 Å². The lowest BCUT2D eigenvalue weighted by Crippen LogP contribution is -2.38. The van der Waals surface area contributed by atoms with Gasteiger partial charge in [-0.1, -0.05) is 11.6 Å². The molecule has 2 N–H and O–H groups in total. The van der Waals surface area contributed by atoms with Crippen molar-refractivity contribution < 1.29 is 57.8 Å². The van der Waals surface area contributed by atoms with E-state index in [0.717, 1.165) is 23.0 Å². The maximum absolute atomic E-state index is 15.5. The van der Waals surface area contributed by atoms with Crippen LogP contribution in [0.15, 0.2) is 47.3 Å². The highest BCUT2D eigenvalue weighted by Crippen LogP contribution is 2.68. The van der Waals surface area contributed by atoms with Gasteiger partial charge in [0.2, 0.25) is 21.8 Å². The fraction of sp³-hybridized carbons (Fsp3) is 0.351. The van der Waals surface area contributed by atoms with Gasteiger partial charge in [-0.15, -0.1) is 0 Å². The number of fused-ring (bicyclic) bond motifs is 5. The van der Waals surface area contributed by atoms with Crippen molar-refractivity contribution in [2.45, 2.75) is 50.3 Å². The fourth-order valence-corrected chi connectivity index (χ4v) is 8.54. The average molecular weight is 916 g/mol. The molecule has 1 amide bonds. The first-order chi connectivity index (χ1) is 29.2. The van der Waals surface area contributed by atoms with Crippen LogP contribution in [-0.4, -0.2) is 74.5 Å². The molecule has 1 saturated carbocycles. The van der Waals surface area contributed by atoms with Crippen molar-refractivity contribution in [3.05, 3.63) is 97.8 Å². The molecule has 0 bridgehead atoms. The standard InChI is InChI=1S/C37H30ClF8N9O6S/c1-53-29-23(5-4-21(38)27(29)33(51-53)52-62(2,58)59)55-34(49-32-18(35(55)57)3-6-25(48-32)60-7-8-61-36(43)44)22(11-15-9-16(39)12-17(40)10-15)47-24(56)14-54-30-26(28(50-54)31(41)42)19-13-20(19)37(30,45)46/h3-6,9-10,12,19-20,22,31,36H,7-8,11,13-14H2,1-2H3,(H,47,56)(H,51,52)/t19-,20+,22-/m0/s1. The van der Waals surface area contributed by atoms with Gasteiger partial charge in [-0.2, -0.15) is 32.7 Å². The van der Waals surface area contributed by atoms with Gasteiger partial charge in [0.1, 0.15) is 42.0 Å². The fourth-order valence-electron chi connectivity index (χ4n) is 7.81. The Balaban J connectivity index is 1.31. The third-order valence-electron chi connectivity index (χ3n) is 10.2. The Bertz CT molecular complexity index is 2950. The van der Waals surface area contributed by atoms with Crippen molar-refractivity contribution >= 4 is 55.3 Å². The van der Waals surface area contributed by atoms with E-state index in [1.165, 1.54) is 36.0 Å². The summed E-state index contributed by atoms with van der Waals surface area (Å²) in [6.07, 6.45) is -3.00. The molecule has 4 heterocycles. The van der Waals surface area contributed by atoms with Crippen LogP contribution in [0.2, 0.25) is 5.02 Å². The second kappa shape index (κ2) is 15.8. The number of nitrogens with zero attached hydrogens (tertiary/aromatic N) is 7. The molecule has 328 valence electrons. The summed E-state index contributed by atoms with van der Waals surface area (Å²) in [6, 6.07) is 5.81. The van der Waals surface area contributed by atoms with Gasteiger partial charge in [0, 0.05) is 37.1 Å². The molecular weight excluding hydrogens is 886 g/mol. The van der Waals surface area contributed by atoms with Crippen molar-refractivity contribution in [3.8, 4) is 11.6 Å². The van der Waals surface area contributed by atoms with Crippen LogP contribution in [0.1, 0.15) is 53.1 Å². The molecule has 0 saturated heterocycles. The molecule has 3 atom stereocenters. The number of ether oxygens (including phenoxy) is 2. The lowest BCUT2D eigenvalue weighted by Gasteiger charge is -2.24. The van der Waals surface area contributed by atoms with Gasteiger partial charge in [0.25, 0.3) is 17.9 Å². The van der Waals surface area contributed by atoms with Crippen LogP contribution in [0, 0.1) is 17.6 Å². The normalized spacial score (nSPS) is 17.2. The molecule has 15 nitrogen and oxygen atoms in total. The number of aromatic nitrogens is 7. The van der Waals surface area contributed by atoms with Crippen molar-refractivity contribution in [2.24, 2.45) is 13.0 Å². The first-order valence-electron chi connectivity index (χ1n) is 18.3. The van der Waals surface area contributed by atoms with Crippen LogP contribution in [0.4, 0.5) is 40.9 Å². The molecule has 1 fully saturated rings. The van der Waals surface area contributed by atoms with Gasteiger partial charge in [-0.05, 0) is 48.2 Å². The largest absolute Gasteiger partial charge is 0.475 e. The number of halogens is 9. The topological polar surface area (TPSA) is 177 Å². The average Bonchev–Trinajstić information content (AvgIpc) is 3.71. The van der Waals surface area contributed by atoms with Crippen LogP contribution >= 0.6 is 11.6 Å². The molecule has 25 heteroatoms. The Morgan fingerprint density at radius 3 is 2.44 bits per heavy atom. The number of carbonyl (C=O) groups excluding carboxylic acids is 1. The minimum atomic E-state index is -3.96. The highest BCUT2D eigenvalue weighted by molar-refractivity contribution is 7.92. The van der Waals surface area contributed by atoms with Crippen LogP contribution in [0.5, 0.6) is 5.88 Å². The molecule has 0 aliphatic heterocycles. The number of pyridine rings is 1. The van der Waals surface area contributed by atoms with E-state index in [4.69, 9.17) is 16.3 Å². The van der Waals surface area contributed by atoms with E-state index in [1.54, 1.807) is 0 Å². The van der Waals surface area contributed by atoms with Crippen LogP contribution in [-0.2, 0) is 45.5 Å². The van der Waals surface area contributed by atoms with E-state index in [1.807, 2.05) is 0 Å². The molecule has 4 aromatic heterocycles. The molecule has 6 aromatic rings. The molecule has 62 heavy (non-hydrogen) atoms. The number of hydrogen-bond acceptors (Lipinski definition) is 10. The number of aryl methyl sites for hydroxylation is 1. The van der Waals surface area contributed by atoms with E-state index >= 15 is 8.78 Å². The summed E-state index contributed by atoms with van der Waals surface area (Å²) >= 11 is 6.56. The summed E-state index contributed by atoms with van der Waals surface area (Å²) in [5, 5.41) is 10.2. The van der Waals surface area contributed by atoms with E-state index in [2.05, 4.69) is 34.9 Å². The van der Waals surface area contributed by atoms with Crippen LogP contribution in [0.3, 0.4) is 0 Å². The zero-order valence-corrected chi connectivity index (χ0v) is 33.4. The second-order valence-electron chi connectivity index (χ2n) is 14.5. The Hall–Kier alpha value is -5.88. The molecule has 2 aliphatic carbocycles. The lowest BCUT2D eigenvalue weighted by atomic mass is 10.0. The Morgan fingerprint density at radius 2 is 1.76 bits per heavy atom. The van der Waals surface area contributed by atoms with Gasteiger partial charge in [-0.25, -0.2) is 31.0 Å². The number of nitrogens with one attached hydrogen (secondary N) is 2. The second-order valence-corrected chi connectivity index (χ2v) is 16.7. The monoisotopic (exact) mass is 915 g/mol. The molecule has 8 rings (SSSR count). The van der Waals surface area contributed by atoms with E-state index in [0.29, 0.717) is 10.7 Å². The summed E-state index contributed by atoms with van der Waals surface area (Å²) in [5.41, 5.74) is -3.54. The van der Waals surface area contributed by atoms with Crippen molar-refractivity contribution in [1.82, 2.24) is 39.4 Å². The summed E-state index contributed by atoms with van der Waals surface area (Å²) in [4.78, 5) is 37.6. The molecule has 0 spiro atoms. The molecule has 2 aromatic carbocycles. The number of amides is 1. The van der Waals surface area contributed by atoms with Gasteiger partial charge in [0.05, 0.1) is 45.9 Å². The third-order valence-corrected chi connectivity index (χ3v) is 11.1. The number of carbonyl (C=O) groups is 1. The molecule has 2 aliphatic rings.